The molecule has 4 rings (SSSR count). The van der Waals surface area contributed by atoms with Crippen molar-refractivity contribution in [3.8, 4) is 22.5 Å². The number of nitrogens with zero attached hydrogens (tertiary/aromatic N) is 2. The Labute approximate surface area is 239 Å². The number of rotatable bonds is 6. The Hall–Kier alpha value is -4.22. The topological polar surface area (TPSA) is 98.4 Å². The van der Waals surface area contributed by atoms with Crippen LogP contribution in [0.3, 0.4) is 0 Å². The molecule has 0 atom stereocenters. The summed E-state index contributed by atoms with van der Waals surface area (Å²) >= 11 is 11.4. The summed E-state index contributed by atoms with van der Waals surface area (Å²) in [4.78, 5) is 46.4. The van der Waals surface area contributed by atoms with Gasteiger partial charge in [0.25, 0.3) is 11.1 Å². The van der Waals surface area contributed by atoms with Crippen LogP contribution in [0.4, 0.5) is 17.6 Å². The highest BCUT2D eigenvalue weighted by molar-refractivity contribution is 6.31. The number of hydrogen-bond donors (Lipinski definition) is 1. The Balaban J connectivity index is 0.000000226. The van der Waals surface area contributed by atoms with Crippen LogP contribution in [0, 0.1) is 23.3 Å². The molecule has 2 aromatic heterocycles. The summed E-state index contributed by atoms with van der Waals surface area (Å²) in [6.45, 7) is 3.31. The van der Waals surface area contributed by atoms with Gasteiger partial charge in [-0.3, -0.25) is 14.4 Å². The first-order chi connectivity index (χ1) is 19.4. The number of aldehydes is 1. The Morgan fingerprint density at radius 1 is 0.780 bits per heavy atom. The molecular formula is C28H20Cl2F4N2O5. The highest BCUT2D eigenvalue weighted by Crippen LogP contribution is 2.30. The van der Waals surface area contributed by atoms with E-state index in [4.69, 9.17) is 23.2 Å². The Morgan fingerprint density at radius 2 is 1.17 bits per heavy atom. The first kappa shape index (κ1) is 31.3. The van der Waals surface area contributed by atoms with Crippen molar-refractivity contribution in [1.29, 1.82) is 0 Å². The molecule has 0 saturated heterocycles. The molecule has 13 heteroatoms. The van der Waals surface area contributed by atoms with Gasteiger partial charge in [0.05, 0.1) is 28.1 Å². The van der Waals surface area contributed by atoms with E-state index in [2.05, 4.69) is 0 Å². The van der Waals surface area contributed by atoms with Gasteiger partial charge in [-0.25, -0.2) is 22.4 Å². The second-order valence-electron chi connectivity index (χ2n) is 8.27. The van der Waals surface area contributed by atoms with Crippen molar-refractivity contribution in [1.82, 2.24) is 9.13 Å². The van der Waals surface area contributed by atoms with Gasteiger partial charge in [-0.2, -0.15) is 0 Å². The normalized spacial score (nSPS) is 10.6. The van der Waals surface area contributed by atoms with Gasteiger partial charge >= 0.3 is 5.97 Å². The van der Waals surface area contributed by atoms with E-state index in [1.165, 1.54) is 6.07 Å². The first-order valence-electron chi connectivity index (χ1n) is 11.8. The number of carboxylic acids is 1. The van der Waals surface area contributed by atoms with Crippen LogP contribution in [-0.2, 0) is 13.1 Å². The van der Waals surface area contributed by atoms with E-state index in [1.54, 1.807) is 13.8 Å². The third-order valence-electron chi connectivity index (χ3n) is 5.91. The lowest BCUT2D eigenvalue weighted by molar-refractivity contribution is 0.0696. The van der Waals surface area contributed by atoms with E-state index in [0.29, 0.717) is 6.29 Å². The maximum absolute atomic E-state index is 13.9. The molecule has 0 bridgehead atoms. The summed E-state index contributed by atoms with van der Waals surface area (Å²) in [6, 6.07) is 8.48. The van der Waals surface area contributed by atoms with Crippen LogP contribution in [-0.4, -0.2) is 26.5 Å². The SMILES string of the molecule is CCn1c(-c2c(F)cccc2F)c(C(=O)O)cc(Cl)c1=O.CCn1c(-c2c(F)cccc2F)c(C=O)cc(Cl)c1=O. The van der Waals surface area contributed by atoms with Gasteiger partial charge in [-0.05, 0) is 50.2 Å². The highest BCUT2D eigenvalue weighted by atomic mass is 35.5. The molecule has 41 heavy (non-hydrogen) atoms. The zero-order valence-corrected chi connectivity index (χ0v) is 22.9. The molecule has 0 spiro atoms. The fourth-order valence-electron chi connectivity index (χ4n) is 4.14. The molecule has 0 aliphatic heterocycles. The van der Waals surface area contributed by atoms with Gasteiger partial charge in [0.1, 0.15) is 33.3 Å². The minimum Gasteiger partial charge on any atom is -0.478 e. The van der Waals surface area contributed by atoms with E-state index >= 15 is 0 Å². The van der Waals surface area contributed by atoms with Crippen molar-refractivity contribution < 1.29 is 32.3 Å². The highest BCUT2D eigenvalue weighted by Gasteiger charge is 2.24. The van der Waals surface area contributed by atoms with Crippen molar-refractivity contribution >= 4 is 35.5 Å². The third kappa shape index (κ3) is 6.10. The zero-order chi connectivity index (χ0) is 30.6. The molecule has 7 nitrogen and oxygen atoms in total. The zero-order valence-electron chi connectivity index (χ0n) is 21.4. The summed E-state index contributed by atoms with van der Waals surface area (Å²) in [5, 5.41) is 8.73. The van der Waals surface area contributed by atoms with E-state index in [1.807, 2.05) is 0 Å². The molecule has 1 N–H and O–H groups in total. The van der Waals surface area contributed by atoms with Crippen molar-refractivity contribution in [3.63, 3.8) is 0 Å². The molecule has 0 aliphatic carbocycles. The van der Waals surface area contributed by atoms with Gasteiger partial charge in [0.2, 0.25) is 0 Å². The summed E-state index contributed by atoms with van der Waals surface area (Å²) in [7, 11) is 0. The molecule has 2 aromatic carbocycles. The number of aromatic carboxylic acids is 1. The van der Waals surface area contributed by atoms with E-state index < -0.39 is 57.0 Å². The second-order valence-corrected chi connectivity index (χ2v) is 9.08. The average Bonchev–Trinajstić information content (AvgIpc) is 2.92. The lowest BCUT2D eigenvalue weighted by Gasteiger charge is -2.16. The quantitative estimate of drug-likeness (QED) is 0.200. The lowest BCUT2D eigenvalue weighted by Crippen LogP contribution is -2.25. The smallest absolute Gasteiger partial charge is 0.337 e. The van der Waals surface area contributed by atoms with Gasteiger partial charge in [-0.1, -0.05) is 35.3 Å². The molecule has 0 amide bonds. The molecule has 0 aliphatic rings. The second kappa shape index (κ2) is 13.0. The maximum Gasteiger partial charge on any atom is 0.337 e. The molecule has 2 heterocycles. The van der Waals surface area contributed by atoms with E-state index in [0.717, 1.165) is 51.6 Å². The minimum atomic E-state index is -1.43. The third-order valence-corrected chi connectivity index (χ3v) is 6.45. The molecule has 0 unspecified atom stereocenters. The minimum absolute atomic E-state index is 0.0166. The fraction of sp³-hybridized carbons (Fsp3) is 0.143. The van der Waals surface area contributed by atoms with E-state index in [-0.39, 0.29) is 40.1 Å². The number of aromatic nitrogens is 2. The molecule has 4 aromatic rings. The van der Waals surface area contributed by atoms with Gasteiger partial charge in [0.15, 0.2) is 6.29 Å². The number of halogens is 6. The number of benzene rings is 2. The number of carbonyl (C=O) groups excluding carboxylic acids is 1. The lowest BCUT2D eigenvalue weighted by atomic mass is 10.0. The van der Waals surface area contributed by atoms with Gasteiger partial charge in [-0.15, -0.1) is 0 Å². The largest absolute Gasteiger partial charge is 0.478 e. The van der Waals surface area contributed by atoms with Crippen LogP contribution in [0.1, 0.15) is 34.6 Å². The predicted molar refractivity (Wildman–Crippen MR) is 146 cm³/mol. The van der Waals surface area contributed by atoms with Crippen LogP contribution in [0.15, 0.2) is 58.1 Å². The molecule has 0 saturated carbocycles. The van der Waals surface area contributed by atoms with Crippen LogP contribution >= 0.6 is 23.2 Å². The Kier molecular flexibility index (Phi) is 9.90. The summed E-state index contributed by atoms with van der Waals surface area (Å²) in [5.74, 6) is -5.05. The summed E-state index contributed by atoms with van der Waals surface area (Å²) in [6.07, 6.45) is 0.415. The molecule has 214 valence electrons. The standard InChI is InChI=1S/C14H10ClF2NO3.C14H10ClF2NO2/c1-2-18-12(11-9(16)4-3-5-10(11)17)7(14(20)21)6-8(15)13(18)19;1-2-18-13(8(7-19)6-9(15)14(18)20)12-10(16)4-3-5-11(12)17/h3-6H,2H2,1H3,(H,20,21);3-7H,2H2,1H3. The van der Waals surface area contributed by atoms with Gasteiger partial charge < -0.3 is 14.2 Å². The Bertz CT molecular complexity index is 1750. The monoisotopic (exact) mass is 610 g/mol. The Morgan fingerprint density at radius 3 is 1.56 bits per heavy atom. The van der Waals surface area contributed by atoms with Crippen LogP contribution in [0.2, 0.25) is 10.0 Å². The molecular weight excluding hydrogens is 591 g/mol. The maximum atomic E-state index is 13.9. The van der Waals surface area contributed by atoms with Crippen LogP contribution in [0.5, 0.6) is 0 Å². The predicted octanol–water partition coefficient (Wildman–Crippen LogP) is 6.44. The van der Waals surface area contributed by atoms with Crippen molar-refractivity contribution in [2.24, 2.45) is 0 Å². The van der Waals surface area contributed by atoms with Gasteiger partial charge in [0, 0.05) is 18.7 Å². The number of carbonyl (C=O) groups is 2. The summed E-state index contributed by atoms with van der Waals surface area (Å²) < 4.78 is 57.7. The van der Waals surface area contributed by atoms with Crippen molar-refractivity contribution in [2.45, 2.75) is 26.9 Å². The fourth-order valence-corrected chi connectivity index (χ4v) is 4.57. The van der Waals surface area contributed by atoms with Crippen molar-refractivity contribution in [3.05, 3.63) is 114 Å². The average molecular weight is 611 g/mol. The van der Waals surface area contributed by atoms with Crippen LogP contribution in [0.25, 0.3) is 22.5 Å². The molecule has 0 fully saturated rings. The first-order valence-corrected chi connectivity index (χ1v) is 12.6. The number of hydrogen-bond acceptors (Lipinski definition) is 4. The van der Waals surface area contributed by atoms with E-state index in [9.17, 15) is 41.8 Å². The van der Waals surface area contributed by atoms with Crippen molar-refractivity contribution in [2.75, 3.05) is 0 Å². The molecule has 0 radical (unpaired) electrons. The number of carboxylic acid groups (broad SMARTS) is 1. The summed E-state index contributed by atoms with van der Waals surface area (Å²) in [5.41, 5.74) is -3.21. The van der Waals surface area contributed by atoms with Crippen LogP contribution < -0.4 is 11.1 Å². The number of pyridine rings is 2.